The van der Waals surface area contributed by atoms with Crippen molar-refractivity contribution < 1.29 is 5.11 Å². The van der Waals surface area contributed by atoms with Crippen LogP contribution in [0.3, 0.4) is 0 Å². The van der Waals surface area contributed by atoms with Gasteiger partial charge in [0.1, 0.15) is 6.23 Å². The molecule has 0 aromatic rings. The van der Waals surface area contributed by atoms with Gasteiger partial charge >= 0.3 is 0 Å². The van der Waals surface area contributed by atoms with Crippen LogP contribution in [0.25, 0.3) is 0 Å². The normalized spacial score (nSPS) is 27.5. The molecule has 1 saturated carbocycles. The van der Waals surface area contributed by atoms with Gasteiger partial charge in [-0.05, 0) is 44.6 Å². The molecule has 0 aromatic carbocycles. The summed E-state index contributed by atoms with van der Waals surface area (Å²) in [6, 6.07) is 0.594. The van der Waals surface area contributed by atoms with Gasteiger partial charge in [0.2, 0.25) is 0 Å². The first-order chi connectivity index (χ1) is 8.56. The van der Waals surface area contributed by atoms with E-state index in [1.165, 1.54) is 38.5 Å². The van der Waals surface area contributed by atoms with E-state index in [0.717, 1.165) is 24.7 Å². The van der Waals surface area contributed by atoms with E-state index in [0.29, 0.717) is 6.04 Å². The molecule has 0 aromatic heterocycles. The van der Waals surface area contributed by atoms with Gasteiger partial charge in [0, 0.05) is 6.04 Å². The van der Waals surface area contributed by atoms with Crippen molar-refractivity contribution in [1.82, 2.24) is 4.90 Å². The van der Waals surface area contributed by atoms with E-state index in [1.54, 1.807) is 0 Å². The van der Waals surface area contributed by atoms with Gasteiger partial charge < -0.3 is 5.11 Å². The SMILES string of the molecule is CCCC(O)N(C)C1CCCCCC1CC(C)C. The Morgan fingerprint density at radius 1 is 1.17 bits per heavy atom. The highest BCUT2D eigenvalue weighted by Gasteiger charge is 2.30. The van der Waals surface area contributed by atoms with Gasteiger partial charge in [0.25, 0.3) is 0 Å². The summed E-state index contributed by atoms with van der Waals surface area (Å²) in [7, 11) is 2.13. The van der Waals surface area contributed by atoms with Crippen LogP contribution in [0.2, 0.25) is 0 Å². The summed E-state index contributed by atoms with van der Waals surface area (Å²) in [6.45, 7) is 6.80. The van der Waals surface area contributed by atoms with E-state index < -0.39 is 0 Å². The largest absolute Gasteiger partial charge is 0.378 e. The smallest absolute Gasteiger partial charge is 0.107 e. The summed E-state index contributed by atoms with van der Waals surface area (Å²) in [6.07, 6.45) is 9.76. The molecule has 0 amide bonds. The Morgan fingerprint density at radius 3 is 2.44 bits per heavy atom. The number of hydrogen-bond acceptors (Lipinski definition) is 2. The summed E-state index contributed by atoms with van der Waals surface area (Å²) in [5.41, 5.74) is 0. The predicted molar refractivity (Wildman–Crippen MR) is 78.5 cm³/mol. The average molecular weight is 255 g/mol. The molecule has 0 aliphatic heterocycles. The molecule has 1 N–H and O–H groups in total. The van der Waals surface area contributed by atoms with E-state index >= 15 is 0 Å². The number of nitrogens with zero attached hydrogens (tertiary/aromatic N) is 1. The molecule has 108 valence electrons. The van der Waals surface area contributed by atoms with E-state index in [9.17, 15) is 5.11 Å². The Kier molecular flexibility index (Phi) is 7.25. The zero-order chi connectivity index (χ0) is 13.5. The van der Waals surface area contributed by atoms with Crippen LogP contribution < -0.4 is 0 Å². The fraction of sp³-hybridized carbons (Fsp3) is 1.00. The molecule has 1 fully saturated rings. The van der Waals surface area contributed by atoms with Gasteiger partial charge in [-0.1, -0.05) is 46.5 Å². The molecule has 2 heteroatoms. The molecular formula is C16H33NO. The van der Waals surface area contributed by atoms with Crippen molar-refractivity contribution in [2.24, 2.45) is 11.8 Å². The Balaban J connectivity index is 2.65. The maximum Gasteiger partial charge on any atom is 0.107 e. The Bertz CT molecular complexity index is 217. The van der Waals surface area contributed by atoms with Gasteiger partial charge in [0.15, 0.2) is 0 Å². The number of aliphatic hydroxyl groups is 1. The first kappa shape index (κ1) is 16.0. The first-order valence-electron chi connectivity index (χ1n) is 7.96. The minimum absolute atomic E-state index is 0.243. The molecule has 0 heterocycles. The fourth-order valence-electron chi connectivity index (χ4n) is 3.46. The van der Waals surface area contributed by atoms with Crippen molar-refractivity contribution in [2.45, 2.75) is 84.4 Å². The standard InChI is InChI=1S/C16H33NO/c1-5-9-16(18)17(4)15-11-8-6-7-10-14(15)12-13(2)3/h13-16,18H,5-12H2,1-4H3. The highest BCUT2D eigenvalue weighted by Crippen LogP contribution is 2.32. The van der Waals surface area contributed by atoms with Crippen LogP contribution in [0, 0.1) is 11.8 Å². The van der Waals surface area contributed by atoms with E-state index in [2.05, 4.69) is 32.7 Å². The van der Waals surface area contributed by atoms with Gasteiger partial charge in [-0.15, -0.1) is 0 Å². The second kappa shape index (κ2) is 8.16. The maximum absolute atomic E-state index is 10.2. The topological polar surface area (TPSA) is 23.5 Å². The van der Waals surface area contributed by atoms with Crippen molar-refractivity contribution >= 4 is 0 Å². The average Bonchev–Trinajstić information content (AvgIpc) is 2.53. The van der Waals surface area contributed by atoms with Crippen LogP contribution in [-0.4, -0.2) is 29.3 Å². The van der Waals surface area contributed by atoms with Crippen LogP contribution >= 0.6 is 0 Å². The third kappa shape index (κ3) is 4.89. The predicted octanol–water partition coefficient (Wildman–Crippen LogP) is 4.03. The van der Waals surface area contributed by atoms with Crippen LogP contribution in [-0.2, 0) is 0 Å². The number of hydrogen-bond donors (Lipinski definition) is 1. The summed E-state index contributed by atoms with van der Waals surface area (Å²) < 4.78 is 0. The summed E-state index contributed by atoms with van der Waals surface area (Å²) in [4.78, 5) is 2.27. The Morgan fingerprint density at radius 2 is 1.83 bits per heavy atom. The third-order valence-corrected chi connectivity index (χ3v) is 4.43. The van der Waals surface area contributed by atoms with Crippen molar-refractivity contribution in [3.63, 3.8) is 0 Å². The van der Waals surface area contributed by atoms with Crippen LogP contribution in [0.15, 0.2) is 0 Å². The second-order valence-electron chi connectivity index (χ2n) is 6.53. The van der Waals surface area contributed by atoms with Crippen LogP contribution in [0.5, 0.6) is 0 Å². The minimum Gasteiger partial charge on any atom is -0.378 e. The summed E-state index contributed by atoms with van der Waals surface area (Å²) in [5, 5.41) is 10.2. The Hall–Kier alpha value is -0.0800. The maximum atomic E-state index is 10.2. The highest BCUT2D eigenvalue weighted by molar-refractivity contribution is 4.82. The van der Waals surface area contributed by atoms with E-state index in [4.69, 9.17) is 0 Å². The van der Waals surface area contributed by atoms with Gasteiger partial charge in [-0.3, -0.25) is 4.90 Å². The molecule has 1 aliphatic rings. The molecule has 3 unspecified atom stereocenters. The lowest BCUT2D eigenvalue weighted by Crippen LogP contribution is -2.44. The van der Waals surface area contributed by atoms with Gasteiger partial charge in [0.05, 0.1) is 0 Å². The molecule has 2 nitrogen and oxygen atoms in total. The zero-order valence-electron chi connectivity index (χ0n) is 12.9. The van der Waals surface area contributed by atoms with Crippen LogP contribution in [0.4, 0.5) is 0 Å². The lowest BCUT2D eigenvalue weighted by Gasteiger charge is -2.37. The molecule has 18 heavy (non-hydrogen) atoms. The fourth-order valence-corrected chi connectivity index (χ4v) is 3.46. The Labute approximate surface area is 114 Å². The molecule has 0 saturated heterocycles. The number of rotatable bonds is 6. The van der Waals surface area contributed by atoms with Crippen molar-refractivity contribution in [3.8, 4) is 0 Å². The van der Waals surface area contributed by atoms with Crippen molar-refractivity contribution in [1.29, 1.82) is 0 Å². The highest BCUT2D eigenvalue weighted by atomic mass is 16.3. The summed E-state index contributed by atoms with van der Waals surface area (Å²) >= 11 is 0. The molecule has 3 atom stereocenters. The summed E-state index contributed by atoms with van der Waals surface area (Å²) in [5.74, 6) is 1.55. The zero-order valence-corrected chi connectivity index (χ0v) is 12.9. The number of aliphatic hydroxyl groups excluding tert-OH is 1. The van der Waals surface area contributed by atoms with Gasteiger partial charge in [-0.25, -0.2) is 0 Å². The van der Waals surface area contributed by atoms with E-state index in [1.807, 2.05) is 0 Å². The first-order valence-corrected chi connectivity index (χ1v) is 7.96. The van der Waals surface area contributed by atoms with Crippen LogP contribution in [0.1, 0.15) is 72.1 Å². The molecule has 0 bridgehead atoms. The molecule has 1 aliphatic carbocycles. The molecule has 0 spiro atoms. The lowest BCUT2D eigenvalue weighted by molar-refractivity contribution is -0.0324. The quantitative estimate of drug-likeness (QED) is 0.572. The monoisotopic (exact) mass is 255 g/mol. The second-order valence-corrected chi connectivity index (χ2v) is 6.53. The lowest BCUT2D eigenvalue weighted by atomic mass is 9.86. The van der Waals surface area contributed by atoms with Crippen molar-refractivity contribution in [3.05, 3.63) is 0 Å². The minimum atomic E-state index is -0.243. The van der Waals surface area contributed by atoms with Crippen molar-refractivity contribution in [2.75, 3.05) is 7.05 Å². The molecular weight excluding hydrogens is 222 g/mol. The molecule has 1 rings (SSSR count). The van der Waals surface area contributed by atoms with E-state index in [-0.39, 0.29) is 6.23 Å². The van der Waals surface area contributed by atoms with Gasteiger partial charge in [-0.2, -0.15) is 0 Å². The molecule has 0 radical (unpaired) electrons. The third-order valence-electron chi connectivity index (χ3n) is 4.43.